The molecule has 0 radical (unpaired) electrons. The summed E-state index contributed by atoms with van der Waals surface area (Å²) in [5, 5.41) is 0. The Morgan fingerprint density at radius 3 is 3.00 bits per heavy atom. The van der Waals surface area contributed by atoms with Crippen LogP contribution in [0.1, 0.15) is 32.6 Å². The zero-order valence-electron chi connectivity index (χ0n) is 6.77. The quantitative estimate of drug-likeness (QED) is 0.449. The highest BCUT2D eigenvalue weighted by molar-refractivity contribution is 5.11. The second-order valence-electron chi connectivity index (χ2n) is 4.01. The molecule has 3 rings (SSSR count). The van der Waals surface area contributed by atoms with Crippen LogP contribution >= 0.6 is 0 Å². The van der Waals surface area contributed by atoms with Gasteiger partial charge in [0.15, 0.2) is 0 Å². The Bertz CT molecular complexity index is 157. The maximum absolute atomic E-state index is 4.14. The van der Waals surface area contributed by atoms with Gasteiger partial charge in [0.25, 0.3) is 0 Å². The molecular weight excluding hydrogens is 120 g/mol. The van der Waals surface area contributed by atoms with Gasteiger partial charge in [-0.05, 0) is 43.4 Å². The van der Waals surface area contributed by atoms with E-state index in [1.54, 1.807) is 5.57 Å². The van der Waals surface area contributed by atoms with Crippen molar-refractivity contribution in [2.24, 2.45) is 17.8 Å². The lowest BCUT2D eigenvalue weighted by Gasteiger charge is -2.41. The maximum atomic E-state index is 4.14. The van der Waals surface area contributed by atoms with Crippen LogP contribution in [0.15, 0.2) is 12.2 Å². The molecule has 0 aromatic rings. The van der Waals surface area contributed by atoms with Crippen molar-refractivity contribution in [2.75, 3.05) is 0 Å². The molecule has 0 aromatic carbocycles. The summed E-state index contributed by atoms with van der Waals surface area (Å²) in [6.07, 6.45) is 5.65. The zero-order chi connectivity index (χ0) is 7.14. The Hall–Kier alpha value is -0.260. The SMILES string of the molecule is C=C1CCCC2CC1C2C. The van der Waals surface area contributed by atoms with Gasteiger partial charge in [-0.2, -0.15) is 0 Å². The number of fused-ring (bicyclic) bond motifs is 3. The van der Waals surface area contributed by atoms with E-state index < -0.39 is 0 Å². The molecule has 0 aromatic heterocycles. The second kappa shape index (κ2) is 2.11. The average molecular weight is 136 g/mol. The van der Waals surface area contributed by atoms with Crippen molar-refractivity contribution in [1.82, 2.24) is 0 Å². The van der Waals surface area contributed by atoms with Gasteiger partial charge < -0.3 is 0 Å². The summed E-state index contributed by atoms with van der Waals surface area (Å²) in [4.78, 5) is 0. The van der Waals surface area contributed by atoms with E-state index in [1.165, 1.54) is 25.7 Å². The first-order valence-electron chi connectivity index (χ1n) is 4.46. The lowest BCUT2D eigenvalue weighted by Crippen LogP contribution is -2.33. The largest absolute Gasteiger partial charge is 0.0996 e. The van der Waals surface area contributed by atoms with Crippen molar-refractivity contribution < 1.29 is 0 Å². The van der Waals surface area contributed by atoms with E-state index in [9.17, 15) is 0 Å². The number of hydrogen-bond donors (Lipinski definition) is 0. The van der Waals surface area contributed by atoms with Gasteiger partial charge in [0.1, 0.15) is 0 Å². The maximum Gasteiger partial charge on any atom is -0.0175 e. The van der Waals surface area contributed by atoms with Crippen LogP contribution in [0.25, 0.3) is 0 Å². The summed E-state index contributed by atoms with van der Waals surface area (Å²) in [6.45, 7) is 6.54. The fourth-order valence-corrected chi connectivity index (χ4v) is 2.58. The number of hydrogen-bond acceptors (Lipinski definition) is 0. The standard InChI is InChI=1S/C10H16/c1-7-4-3-5-9-6-10(7)8(9)2/h8-10H,1,3-6H2,2H3. The van der Waals surface area contributed by atoms with E-state index in [1.807, 2.05) is 0 Å². The Morgan fingerprint density at radius 2 is 2.30 bits per heavy atom. The lowest BCUT2D eigenvalue weighted by molar-refractivity contribution is 0.122. The molecule has 56 valence electrons. The number of rotatable bonds is 0. The first-order chi connectivity index (χ1) is 4.79. The van der Waals surface area contributed by atoms with E-state index in [4.69, 9.17) is 0 Å². The van der Waals surface area contributed by atoms with Crippen molar-refractivity contribution in [3.05, 3.63) is 12.2 Å². The van der Waals surface area contributed by atoms with E-state index in [0.29, 0.717) is 0 Å². The van der Waals surface area contributed by atoms with Crippen LogP contribution in [0, 0.1) is 17.8 Å². The molecule has 3 aliphatic carbocycles. The molecule has 3 unspecified atom stereocenters. The third-order valence-corrected chi connectivity index (χ3v) is 3.53. The molecule has 0 heterocycles. The summed E-state index contributed by atoms with van der Waals surface area (Å²) in [5.74, 6) is 2.94. The van der Waals surface area contributed by atoms with Crippen molar-refractivity contribution >= 4 is 0 Å². The predicted molar refractivity (Wildman–Crippen MR) is 43.8 cm³/mol. The van der Waals surface area contributed by atoms with Gasteiger partial charge in [0.2, 0.25) is 0 Å². The summed E-state index contributed by atoms with van der Waals surface area (Å²) < 4.78 is 0. The lowest BCUT2D eigenvalue weighted by atomic mass is 9.64. The Morgan fingerprint density at radius 1 is 1.50 bits per heavy atom. The highest BCUT2D eigenvalue weighted by Crippen LogP contribution is 2.50. The van der Waals surface area contributed by atoms with Crippen LogP contribution in [0.5, 0.6) is 0 Å². The van der Waals surface area contributed by atoms with E-state index in [0.717, 1.165) is 17.8 Å². The summed E-state index contributed by atoms with van der Waals surface area (Å²) in [7, 11) is 0. The minimum atomic E-state index is 0.910. The molecule has 0 amide bonds. The molecule has 3 saturated carbocycles. The second-order valence-corrected chi connectivity index (χ2v) is 4.01. The fraction of sp³-hybridized carbons (Fsp3) is 0.800. The Balaban J connectivity index is 2.13. The van der Waals surface area contributed by atoms with Gasteiger partial charge in [-0.3, -0.25) is 0 Å². The smallest absolute Gasteiger partial charge is 0.0175 e. The van der Waals surface area contributed by atoms with Crippen LogP contribution in [0.2, 0.25) is 0 Å². The predicted octanol–water partition coefficient (Wildman–Crippen LogP) is 3.00. The first-order valence-corrected chi connectivity index (χ1v) is 4.46. The first kappa shape index (κ1) is 6.45. The molecular formula is C10H16. The van der Waals surface area contributed by atoms with E-state index in [2.05, 4.69) is 13.5 Å². The van der Waals surface area contributed by atoms with Gasteiger partial charge in [-0.25, -0.2) is 0 Å². The molecule has 0 N–H and O–H groups in total. The van der Waals surface area contributed by atoms with E-state index >= 15 is 0 Å². The van der Waals surface area contributed by atoms with Crippen LogP contribution < -0.4 is 0 Å². The van der Waals surface area contributed by atoms with Gasteiger partial charge in [-0.1, -0.05) is 19.1 Å². The fourth-order valence-electron chi connectivity index (χ4n) is 2.58. The molecule has 3 aliphatic rings. The molecule has 0 aliphatic heterocycles. The van der Waals surface area contributed by atoms with E-state index in [-0.39, 0.29) is 0 Å². The van der Waals surface area contributed by atoms with Crippen molar-refractivity contribution in [2.45, 2.75) is 32.6 Å². The van der Waals surface area contributed by atoms with Crippen molar-refractivity contribution in [3.8, 4) is 0 Å². The van der Waals surface area contributed by atoms with Crippen LogP contribution in [0.4, 0.5) is 0 Å². The third kappa shape index (κ3) is 0.744. The summed E-state index contributed by atoms with van der Waals surface area (Å²) in [6, 6.07) is 0. The normalized spacial score (nSPS) is 46.1. The molecule has 0 spiro atoms. The molecule has 0 saturated heterocycles. The third-order valence-electron chi connectivity index (χ3n) is 3.53. The molecule has 3 fully saturated rings. The van der Waals surface area contributed by atoms with Gasteiger partial charge in [0, 0.05) is 0 Å². The highest BCUT2D eigenvalue weighted by atomic mass is 14.4. The molecule has 0 heteroatoms. The van der Waals surface area contributed by atoms with Gasteiger partial charge in [-0.15, -0.1) is 0 Å². The Kier molecular flexibility index (Phi) is 1.36. The number of allylic oxidation sites excluding steroid dienone is 1. The molecule has 2 bridgehead atoms. The van der Waals surface area contributed by atoms with Crippen LogP contribution in [-0.4, -0.2) is 0 Å². The summed E-state index contributed by atoms with van der Waals surface area (Å²) in [5.41, 5.74) is 1.54. The zero-order valence-corrected chi connectivity index (χ0v) is 6.77. The van der Waals surface area contributed by atoms with Crippen LogP contribution in [-0.2, 0) is 0 Å². The minimum Gasteiger partial charge on any atom is -0.0996 e. The minimum absolute atomic E-state index is 0.910. The monoisotopic (exact) mass is 136 g/mol. The average Bonchev–Trinajstić information content (AvgIpc) is 2.16. The molecule has 10 heavy (non-hydrogen) atoms. The summed E-state index contributed by atoms with van der Waals surface area (Å²) >= 11 is 0. The molecule has 0 nitrogen and oxygen atoms in total. The van der Waals surface area contributed by atoms with Gasteiger partial charge in [0.05, 0.1) is 0 Å². The molecule has 3 atom stereocenters. The van der Waals surface area contributed by atoms with Gasteiger partial charge >= 0.3 is 0 Å². The van der Waals surface area contributed by atoms with Crippen molar-refractivity contribution in [1.29, 1.82) is 0 Å². The highest BCUT2D eigenvalue weighted by Gasteiger charge is 2.40. The van der Waals surface area contributed by atoms with Crippen molar-refractivity contribution in [3.63, 3.8) is 0 Å². The van der Waals surface area contributed by atoms with Crippen LogP contribution in [0.3, 0.4) is 0 Å². The Labute approximate surface area is 63.3 Å². The topological polar surface area (TPSA) is 0 Å².